The van der Waals surface area contributed by atoms with E-state index in [1.54, 1.807) is 0 Å². The fourth-order valence-corrected chi connectivity index (χ4v) is 8.66. The number of furan rings is 1. The van der Waals surface area contributed by atoms with Gasteiger partial charge < -0.3 is 4.42 Å². The summed E-state index contributed by atoms with van der Waals surface area (Å²) in [5.41, 5.74) is 7.87. The van der Waals surface area contributed by atoms with Crippen LogP contribution in [0.2, 0.25) is 0 Å². The highest BCUT2D eigenvalue weighted by molar-refractivity contribution is 6.13. The van der Waals surface area contributed by atoms with Gasteiger partial charge in [0, 0.05) is 28.2 Å². The van der Waals surface area contributed by atoms with E-state index in [2.05, 4.69) is 158 Å². The molecule has 9 aromatic rings. The lowest BCUT2D eigenvalue weighted by molar-refractivity contribution is 0.669. The van der Waals surface area contributed by atoms with Crippen LogP contribution in [-0.4, -0.2) is 15.0 Å². The van der Waals surface area contributed by atoms with Gasteiger partial charge in [0.15, 0.2) is 5.82 Å². The normalized spacial score (nSPS) is 16.6. The van der Waals surface area contributed by atoms with Crippen molar-refractivity contribution in [2.24, 2.45) is 0 Å². The Morgan fingerprint density at radius 1 is 0.528 bits per heavy atom. The van der Waals surface area contributed by atoms with Crippen LogP contribution in [0.4, 0.5) is 0 Å². The number of benzene rings is 7. The van der Waals surface area contributed by atoms with Gasteiger partial charge in [0.1, 0.15) is 22.8 Å². The van der Waals surface area contributed by atoms with E-state index in [-0.39, 0.29) is 11.8 Å². The lowest BCUT2D eigenvalue weighted by Gasteiger charge is -2.23. The minimum Gasteiger partial charge on any atom is -0.456 e. The van der Waals surface area contributed by atoms with Gasteiger partial charge in [-0.2, -0.15) is 0 Å². The Morgan fingerprint density at radius 2 is 1.25 bits per heavy atom. The Bertz CT molecular complexity index is 3100. The summed E-state index contributed by atoms with van der Waals surface area (Å²) < 4.78 is 6.36. The molecule has 2 aliphatic rings. The number of hydrogen-bond donors (Lipinski definition) is 0. The van der Waals surface area contributed by atoms with Crippen LogP contribution in [0.5, 0.6) is 0 Å². The van der Waals surface area contributed by atoms with Crippen LogP contribution in [0.15, 0.2) is 156 Å². The highest BCUT2D eigenvalue weighted by Crippen LogP contribution is 2.40. The van der Waals surface area contributed by atoms with Gasteiger partial charge in [0.25, 0.3) is 0 Å². The molecule has 2 aromatic heterocycles. The van der Waals surface area contributed by atoms with Gasteiger partial charge in [-0.15, -0.1) is 0 Å². The van der Waals surface area contributed by atoms with Gasteiger partial charge in [-0.05, 0) is 85.3 Å². The van der Waals surface area contributed by atoms with Gasteiger partial charge >= 0.3 is 0 Å². The monoisotopic (exact) mass is 679 g/mol. The summed E-state index contributed by atoms with van der Waals surface area (Å²) in [5, 5.41) is 9.45. The zero-order valence-corrected chi connectivity index (χ0v) is 28.9. The number of para-hydroxylation sites is 1. The summed E-state index contributed by atoms with van der Waals surface area (Å²) in [7, 11) is 0. The molecule has 0 spiro atoms. The molecule has 0 saturated heterocycles. The van der Waals surface area contributed by atoms with E-state index in [1.807, 2.05) is 6.07 Å². The molecule has 53 heavy (non-hydrogen) atoms. The van der Waals surface area contributed by atoms with Crippen LogP contribution in [0.1, 0.15) is 46.6 Å². The van der Waals surface area contributed by atoms with Crippen molar-refractivity contribution in [1.82, 2.24) is 15.0 Å². The van der Waals surface area contributed by atoms with E-state index < -0.39 is 0 Å². The zero-order chi connectivity index (χ0) is 34.9. The van der Waals surface area contributed by atoms with Crippen LogP contribution in [-0.2, 0) is 6.42 Å². The number of fused-ring (bicyclic) bond motifs is 8. The minimum atomic E-state index is -0.0691. The number of aromatic nitrogens is 3. The first kappa shape index (κ1) is 30.0. The van der Waals surface area contributed by atoms with Crippen LogP contribution in [0, 0.1) is 0 Å². The van der Waals surface area contributed by atoms with Gasteiger partial charge in [0.2, 0.25) is 0 Å². The summed E-state index contributed by atoms with van der Waals surface area (Å²) >= 11 is 0. The van der Waals surface area contributed by atoms with Crippen molar-refractivity contribution in [3.05, 3.63) is 190 Å². The summed E-state index contributed by atoms with van der Waals surface area (Å²) in [4.78, 5) is 16.1. The third-order valence-electron chi connectivity index (χ3n) is 11.2. The smallest absolute Gasteiger partial charge is 0.164 e. The maximum Gasteiger partial charge on any atom is 0.164 e. The second kappa shape index (κ2) is 12.0. The molecule has 0 amide bonds. The third-order valence-corrected chi connectivity index (χ3v) is 11.2. The number of nitrogens with zero attached hydrogens (tertiary/aromatic N) is 3. The first-order chi connectivity index (χ1) is 26.2. The SMILES string of the molecule is C1=CC(c2nc(-c3cc4ccccc4c4ccccc34)nc(C3C=c4ccccc4=C(c4cccc5oc6ccccc6c45)C3)n2)Cc2ccccc21. The van der Waals surface area contributed by atoms with E-state index in [9.17, 15) is 0 Å². The molecule has 250 valence electrons. The van der Waals surface area contributed by atoms with Crippen molar-refractivity contribution in [3.63, 3.8) is 0 Å². The summed E-state index contributed by atoms with van der Waals surface area (Å²) in [6, 6.07) is 51.6. The molecule has 0 N–H and O–H groups in total. The minimum absolute atomic E-state index is 0.0301. The highest BCUT2D eigenvalue weighted by Gasteiger charge is 2.27. The molecular formula is C49H33N3O. The third kappa shape index (κ3) is 4.94. The number of allylic oxidation sites excluding steroid dienone is 1. The molecule has 0 bridgehead atoms. The van der Waals surface area contributed by atoms with E-state index in [0.29, 0.717) is 0 Å². The van der Waals surface area contributed by atoms with Crippen LogP contribution < -0.4 is 10.4 Å². The van der Waals surface area contributed by atoms with E-state index in [0.717, 1.165) is 63.2 Å². The molecule has 2 unspecified atom stereocenters. The first-order valence-corrected chi connectivity index (χ1v) is 18.4. The Kier molecular flexibility index (Phi) is 6.78. The van der Waals surface area contributed by atoms with Crippen LogP contribution in [0.25, 0.3) is 72.6 Å². The average molecular weight is 680 g/mol. The van der Waals surface area contributed by atoms with Crippen LogP contribution in [0.3, 0.4) is 0 Å². The van der Waals surface area contributed by atoms with Gasteiger partial charge in [-0.3, -0.25) is 0 Å². The maximum absolute atomic E-state index is 6.36. The van der Waals surface area contributed by atoms with Crippen molar-refractivity contribution in [2.45, 2.75) is 24.7 Å². The Hall–Kier alpha value is -6.65. The van der Waals surface area contributed by atoms with E-state index in [4.69, 9.17) is 19.4 Å². The Balaban J connectivity index is 1.13. The van der Waals surface area contributed by atoms with Crippen molar-refractivity contribution in [2.75, 3.05) is 0 Å². The van der Waals surface area contributed by atoms with Gasteiger partial charge in [-0.1, -0.05) is 146 Å². The molecule has 0 fully saturated rings. The summed E-state index contributed by atoms with van der Waals surface area (Å²) in [6.45, 7) is 0. The fourth-order valence-electron chi connectivity index (χ4n) is 8.66. The second-order valence-electron chi connectivity index (χ2n) is 14.3. The molecule has 2 atom stereocenters. The molecule has 7 aromatic carbocycles. The zero-order valence-electron chi connectivity index (χ0n) is 28.9. The summed E-state index contributed by atoms with van der Waals surface area (Å²) in [5.74, 6) is 2.29. The topological polar surface area (TPSA) is 51.8 Å². The molecule has 4 nitrogen and oxygen atoms in total. The van der Waals surface area contributed by atoms with Crippen LogP contribution >= 0.6 is 0 Å². The van der Waals surface area contributed by atoms with Gasteiger partial charge in [0.05, 0.1) is 0 Å². The Labute approximate surface area is 306 Å². The fraction of sp³-hybridized carbons (Fsp3) is 0.0816. The van der Waals surface area contributed by atoms with Crippen molar-refractivity contribution in [3.8, 4) is 11.4 Å². The maximum atomic E-state index is 6.36. The first-order valence-electron chi connectivity index (χ1n) is 18.4. The molecular weight excluding hydrogens is 647 g/mol. The molecule has 4 heteroatoms. The Morgan fingerprint density at radius 3 is 2.17 bits per heavy atom. The number of hydrogen-bond acceptors (Lipinski definition) is 4. The molecule has 2 heterocycles. The standard InChI is InChI=1S/C49H33N3O/c1-2-13-31-26-34(25-24-30(31)12-1)47-50-48(52-49(51-47)43-28-33-15-4-5-16-36(33)38-18-7-8-19-39(38)43)35-27-32-14-3-6-17-37(32)42(29-35)40-21-11-23-45-46(40)41-20-9-10-22-44(41)53-45/h1-25,27-28,34-35H,26,29H2. The summed E-state index contributed by atoms with van der Waals surface area (Å²) in [6.07, 6.45) is 8.45. The molecule has 2 aliphatic carbocycles. The molecule has 11 rings (SSSR count). The highest BCUT2D eigenvalue weighted by atomic mass is 16.3. The molecule has 0 aliphatic heterocycles. The predicted octanol–water partition coefficient (Wildman–Crippen LogP) is 10.3. The van der Waals surface area contributed by atoms with Crippen molar-refractivity contribution in [1.29, 1.82) is 0 Å². The van der Waals surface area contributed by atoms with E-state index in [1.165, 1.54) is 48.9 Å². The van der Waals surface area contributed by atoms with Gasteiger partial charge in [-0.25, -0.2) is 15.0 Å². The molecule has 0 saturated carbocycles. The average Bonchev–Trinajstić information content (AvgIpc) is 3.62. The largest absolute Gasteiger partial charge is 0.456 e. The lowest BCUT2D eigenvalue weighted by atomic mass is 9.85. The quantitative estimate of drug-likeness (QED) is 0.174. The predicted molar refractivity (Wildman–Crippen MR) is 216 cm³/mol. The molecule has 0 radical (unpaired) electrons. The second-order valence-corrected chi connectivity index (χ2v) is 14.3. The van der Waals surface area contributed by atoms with Crippen molar-refractivity contribution >= 4 is 61.2 Å². The van der Waals surface area contributed by atoms with Crippen molar-refractivity contribution < 1.29 is 4.42 Å². The number of rotatable bonds is 4. The van der Waals surface area contributed by atoms with E-state index >= 15 is 0 Å². The lowest BCUT2D eigenvalue weighted by Crippen LogP contribution is -2.32.